The molecule has 1 atom stereocenters. The number of anilines is 1. The first-order valence-electron chi connectivity index (χ1n) is 9.72. The molecule has 5 nitrogen and oxygen atoms in total. The van der Waals surface area contributed by atoms with Gasteiger partial charge < -0.3 is 15.0 Å². The summed E-state index contributed by atoms with van der Waals surface area (Å²) in [7, 11) is 3.57. The van der Waals surface area contributed by atoms with Gasteiger partial charge in [-0.25, -0.2) is 4.39 Å². The molecule has 0 radical (unpaired) electrons. The van der Waals surface area contributed by atoms with Crippen LogP contribution >= 0.6 is 27.3 Å². The Labute approximate surface area is 192 Å². The van der Waals surface area contributed by atoms with E-state index in [9.17, 15) is 9.18 Å². The summed E-state index contributed by atoms with van der Waals surface area (Å²) in [5, 5.41) is 3.00. The first-order valence-corrected chi connectivity index (χ1v) is 11.3. The van der Waals surface area contributed by atoms with Gasteiger partial charge in [0.25, 0.3) is 5.91 Å². The number of ether oxygens (including phenoxy) is 1. The Balaban J connectivity index is 1.67. The Morgan fingerprint density at radius 2 is 2.06 bits per heavy atom. The Bertz CT molecular complexity index is 1150. The van der Waals surface area contributed by atoms with Crippen LogP contribution in [-0.2, 0) is 0 Å². The van der Waals surface area contributed by atoms with E-state index in [1.54, 1.807) is 31.4 Å². The van der Waals surface area contributed by atoms with E-state index in [-0.39, 0.29) is 17.8 Å². The van der Waals surface area contributed by atoms with Crippen molar-refractivity contribution in [2.75, 3.05) is 32.1 Å². The first-order chi connectivity index (χ1) is 15.0. The molecule has 1 aromatic heterocycles. The van der Waals surface area contributed by atoms with Crippen molar-refractivity contribution in [1.82, 2.24) is 5.32 Å². The molecule has 2 aromatic carbocycles. The predicted octanol–water partition coefficient (Wildman–Crippen LogP) is 4.74. The maximum Gasteiger partial charge on any atom is 0.261 e. The lowest BCUT2D eigenvalue weighted by Gasteiger charge is -2.29. The van der Waals surface area contributed by atoms with Crippen LogP contribution in [0.3, 0.4) is 0 Å². The van der Waals surface area contributed by atoms with Gasteiger partial charge in [-0.05, 0) is 52.3 Å². The normalized spacial score (nSPS) is 15.7. The van der Waals surface area contributed by atoms with E-state index in [1.165, 1.54) is 17.4 Å². The average Bonchev–Trinajstić information content (AvgIpc) is 3.17. The van der Waals surface area contributed by atoms with Gasteiger partial charge in [0.05, 0.1) is 34.1 Å². The summed E-state index contributed by atoms with van der Waals surface area (Å²) < 4.78 is 20.9. The van der Waals surface area contributed by atoms with Crippen molar-refractivity contribution < 1.29 is 13.9 Å². The summed E-state index contributed by atoms with van der Waals surface area (Å²) in [6.07, 6.45) is 0. The lowest BCUT2D eigenvalue weighted by atomic mass is 9.99. The van der Waals surface area contributed by atoms with Crippen molar-refractivity contribution in [3.8, 4) is 5.75 Å². The molecule has 4 rings (SSSR count). The van der Waals surface area contributed by atoms with E-state index < -0.39 is 0 Å². The fourth-order valence-electron chi connectivity index (χ4n) is 3.55. The molecule has 0 spiro atoms. The molecule has 160 valence electrons. The second kappa shape index (κ2) is 9.20. The minimum absolute atomic E-state index is 0.109. The zero-order chi connectivity index (χ0) is 22.0. The highest BCUT2D eigenvalue weighted by Gasteiger charge is 2.26. The number of carbonyl (C=O) groups excluding carboxylic acids is 1. The smallest absolute Gasteiger partial charge is 0.261 e. The second-order valence-corrected chi connectivity index (χ2v) is 9.59. The van der Waals surface area contributed by atoms with Gasteiger partial charge >= 0.3 is 0 Å². The van der Waals surface area contributed by atoms with Crippen molar-refractivity contribution in [2.24, 2.45) is 4.99 Å². The van der Waals surface area contributed by atoms with Gasteiger partial charge in [-0.3, -0.25) is 9.79 Å². The fraction of sp³-hybridized carbons (Fsp3) is 0.217. The highest BCUT2D eigenvalue weighted by molar-refractivity contribution is 9.11. The minimum atomic E-state index is -0.319. The van der Waals surface area contributed by atoms with E-state index in [4.69, 9.17) is 9.73 Å². The molecule has 0 saturated carbocycles. The maximum atomic E-state index is 14.6. The van der Waals surface area contributed by atoms with Crippen LogP contribution in [0.4, 0.5) is 10.1 Å². The van der Waals surface area contributed by atoms with Crippen LogP contribution in [0.25, 0.3) is 0 Å². The van der Waals surface area contributed by atoms with Gasteiger partial charge in [0.15, 0.2) is 0 Å². The number of rotatable bonds is 5. The number of benzene rings is 2. The summed E-state index contributed by atoms with van der Waals surface area (Å²) in [6, 6.07) is 15.8. The molecule has 1 unspecified atom stereocenters. The van der Waals surface area contributed by atoms with E-state index in [2.05, 4.69) is 26.1 Å². The molecule has 1 N–H and O–H groups in total. The molecule has 1 aliphatic heterocycles. The summed E-state index contributed by atoms with van der Waals surface area (Å²) in [5.74, 6) is 0.254. The molecule has 0 fully saturated rings. The van der Waals surface area contributed by atoms with Crippen LogP contribution < -0.4 is 15.0 Å². The zero-order valence-corrected chi connectivity index (χ0v) is 19.5. The first kappa shape index (κ1) is 21.5. The number of hydrogen-bond donors (Lipinski definition) is 1. The van der Waals surface area contributed by atoms with Gasteiger partial charge in [-0.2, -0.15) is 0 Å². The molecule has 0 aliphatic carbocycles. The van der Waals surface area contributed by atoms with Crippen molar-refractivity contribution in [1.29, 1.82) is 0 Å². The molecule has 2 heterocycles. The predicted molar refractivity (Wildman–Crippen MR) is 126 cm³/mol. The van der Waals surface area contributed by atoms with Gasteiger partial charge in [0, 0.05) is 36.5 Å². The summed E-state index contributed by atoms with van der Waals surface area (Å²) in [4.78, 5) is 20.0. The fourth-order valence-corrected chi connectivity index (χ4v) is 4.85. The summed E-state index contributed by atoms with van der Waals surface area (Å²) in [5.41, 5.74) is 2.75. The van der Waals surface area contributed by atoms with E-state index in [0.717, 1.165) is 15.0 Å². The van der Waals surface area contributed by atoms with Crippen molar-refractivity contribution in [3.63, 3.8) is 0 Å². The Kier molecular flexibility index (Phi) is 6.38. The van der Waals surface area contributed by atoms with Crippen LogP contribution in [-0.4, -0.2) is 44.9 Å². The summed E-state index contributed by atoms with van der Waals surface area (Å²) in [6.45, 7) is 0.807. The van der Waals surface area contributed by atoms with Gasteiger partial charge in [-0.1, -0.05) is 12.1 Å². The Morgan fingerprint density at radius 3 is 2.77 bits per heavy atom. The number of thiophene rings is 1. The van der Waals surface area contributed by atoms with Gasteiger partial charge in [0.1, 0.15) is 11.6 Å². The molecule has 8 heteroatoms. The van der Waals surface area contributed by atoms with Gasteiger partial charge in [0.2, 0.25) is 0 Å². The number of methoxy groups -OCH3 is 1. The number of nitrogens with one attached hydrogen (secondary N) is 1. The number of benzodiazepines with no additional fused rings is 1. The van der Waals surface area contributed by atoms with Crippen LogP contribution in [0.5, 0.6) is 5.75 Å². The number of hydrogen-bond acceptors (Lipinski definition) is 5. The molecule has 31 heavy (non-hydrogen) atoms. The number of fused-ring (bicyclic) bond motifs is 1. The number of aliphatic imine (C=N–C) groups is 1. The van der Waals surface area contributed by atoms with E-state index in [0.29, 0.717) is 35.0 Å². The highest BCUT2D eigenvalue weighted by Crippen LogP contribution is 2.32. The lowest BCUT2D eigenvalue weighted by molar-refractivity contribution is 0.0955. The average molecular weight is 502 g/mol. The highest BCUT2D eigenvalue weighted by atomic mass is 79.9. The van der Waals surface area contributed by atoms with Crippen LogP contribution in [0, 0.1) is 5.82 Å². The third-order valence-corrected chi connectivity index (χ3v) is 6.89. The number of likely N-dealkylation sites (N-methyl/N-ethyl adjacent to an activating group) is 1. The number of nitrogens with zero attached hydrogens (tertiary/aromatic N) is 2. The Hall–Kier alpha value is -2.71. The van der Waals surface area contributed by atoms with Crippen molar-refractivity contribution in [3.05, 3.63) is 80.2 Å². The Morgan fingerprint density at radius 1 is 1.26 bits per heavy atom. The number of halogens is 2. The topological polar surface area (TPSA) is 53.9 Å². The molecule has 1 amide bonds. The molecular formula is C23H21BrFN3O2S. The summed E-state index contributed by atoms with van der Waals surface area (Å²) >= 11 is 4.77. The standard InChI is InChI=1S/C23H21BrFN3O2S/c1-28-14(13-27-23(29)20-9-10-21(24)31-20)12-26-22(16-5-3-4-6-18(16)25)17-8-7-15(30-2)11-19(17)28/h3-11,14H,12-13H2,1-2H3,(H,27,29). The quantitative estimate of drug-likeness (QED) is 0.549. The van der Waals surface area contributed by atoms with E-state index in [1.807, 2.05) is 31.3 Å². The van der Waals surface area contributed by atoms with Crippen molar-refractivity contribution >= 4 is 44.6 Å². The van der Waals surface area contributed by atoms with Crippen LogP contribution in [0.1, 0.15) is 20.8 Å². The molecule has 1 aliphatic rings. The molecule has 0 saturated heterocycles. The SMILES string of the molecule is COc1ccc2c(c1)N(C)C(CNC(=O)c1ccc(Br)s1)CN=C2c1ccccc1F. The lowest BCUT2D eigenvalue weighted by Crippen LogP contribution is -2.43. The maximum absolute atomic E-state index is 14.6. The van der Waals surface area contributed by atoms with Crippen molar-refractivity contribution in [2.45, 2.75) is 6.04 Å². The number of amides is 1. The zero-order valence-electron chi connectivity index (χ0n) is 17.1. The third-order valence-electron chi connectivity index (χ3n) is 5.27. The second-order valence-electron chi connectivity index (χ2n) is 7.13. The van der Waals surface area contributed by atoms with Gasteiger partial charge in [-0.15, -0.1) is 11.3 Å². The number of carbonyl (C=O) groups is 1. The monoisotopic (exact) mass is 501 g/mol. The molecule has 0 bridgehead atoms. The van der Waals surface area contributed by atoms with Crippen LogP contribution in [0.15, 0.2) is 63.4 Å². The van der Waals surface area contributed by atoms with E-state index >= 15 is 0 Å². The third kappa shape index (κ3) is 4.50. The minimum Gasteiger partial charge on any atom is -0.497 e. The molecule has 3 aromatic rings. The largest absolute Gasteiger partial charge is 0.497 e. The van der Waals surface area contributed by atoms with Crippen LogP contribution in [0.2, 0.25) is 0 Å². The molecular weight excluding hydrogens is 481 g/mol.